The van der Waals surface area contributed by atoms with E-state index < -0.39 is 0 Å². The van der Waals surface area contributed by atoms with Gasteiger partial charge >= 0.3 is 0 Å². The molecular weight excluding hydrogens is 210 g/mol. The Hall–Kier alpha value is -1.92. The highest BCUT2D eigenvalue weighted by atomic mass is 16.5. The van der Waals surface area contributed by atoms with Crippen molar-refractivity contribution in [3.8, 4) is 5.88 Å². The molecule has 1 aromatic heterocycles. The summed E-state index contributed by atoms with van der Waals surface area (Å²) < 4.78 is 5.23. The SMILES string of the molecule is OCCOc1nnc(NO)c2ccccc12. The number of aromatic nitrogens is 2. The molecular formula is C10H11N3O3. The van der Waals surface area contributed by atoms with Gasteiger partial charge in [-0.15, -0.1) is 10.2 Å². The van der Waals surface area contributed by atoms with E-state index in [1.807, 2.05) is 17.6 Å². The Morgan fingerprint density at radius 2 is 1.94 bits per heavy atom. The van der Waals surface area contributed by atoms with Crippen LogP contribution in [0.5, 0.6) is 5.88 Å². The van der Waals surface area contributed by atoms with Crippen molar-refractivity contribution in [1.29, 1.82) is 0 Å². The molecule has 0 aliphatic rings. The van der Waals surface area contributed by atoms with E-state index in [-0.39, 0.29) is 19.0 Å². The number of fused-ring (bicyclic) bond motifs is 1. The fourth-order valence-corrected chi connectivity index (χ4v) is 1.41. The summed E-state index contributed by atoms with van der Waals surface area (Å²) in [6.45, 7) is 0.0700. The zero-order valence-electron chi connectivity index (χ0n) is 8.42. The maximum Gasteiger partial charge on any atom is 0.241 e. The van der Waals surface area contributed by atoms with E-state index in [2.05, 4.69) is 10.2 Å². The van der Waals surface area contributed by atoms with Crippen LogP contribution in [0, 0.1) is 0 Å². The van der Waals surface area contributed by atoms with Gasteiger partial charge in [0.1, 0.15) is 6.61 Å². The van der Waals surface area contributed by atoms with Gasteiger partial charge in [0.15, 0.2) is 5.82 Å². The molecule has 1 aromatic carbocycles. The van der Waals surface area contributed by atoms with E-state index in [1.165, 1.54) is 0 Å². The number of benzene rings is 1. The van der Waals surface area contributed by atoms with Crippen molar-refractivity contribution in [3.63, 3.8) is 0 Å². The third-order valence-corrected chi connectivity index (χ3v) is 2.09. The van der Waals surface area contributed by atoms with Crippen LogP contribution in [0.3, 0.4) is 0 Å². The summed E-state index contributed by atoms with van der Waals surface area (Å²) in [4.78, 5) is 0. The normalized spacial score (nSPS) is 10.4. The van der Waals surface area contributed by atoms with E-state index in [4.69, 9.17) is 15.1 Å². The van der Waals surface area contributed by atoms with Crippen molar-refractivity contribution in [3.05, 3.63) is 24.3 Å². The first kappa shape index (κ1) is 10.6. The average molecular weight is 221 g/mol. The van der Waals surface area contributed by atoms with Crippen LogP contribution in [-0.4, -0.2) is 33.7 Å². The maximum absolute atomic E-state index is 8.87. The summed E-state index contributed by atoms with van der Waals surface area (Å²) in [5.41, 5.74) is 1.97. The molecule has 0 unspecified atom stereocenters. The molecule has 0 aliphatic heterocycles. The predicted molar refractivity (Wildman–Crippen MR) is 57.5 cm³/mol. The molecule has 1 heterocycles. The highest BCUT2D eigenvalue weighted by Gasteiger charge is 2.08. The number of aliphatic hydroxyl groups excluding tert-OH is 1. The lowest BCUT2D eigenvalue weighted by atomic mass is 10.2. The molecule has 0 fully saturated rings. The van der Waals surface area contributed by atoms with Crippen LogP contribution in [0.25, 0.3) is 10.8 Å². The zero-order valence-corrected chi connectivity index (χ0v) is 8.42. The minimum absolute atomic E-state index is 0.0873. The van der Waals surface area contributed by atoms with Gasteiger partial charge in [-0.05, 0) is 6.07 Å². The van der Waals surface area contributed by atoms with Crippen LogP contribution >= 0.6 is 0 Å². The first-order chi connectivity index (χ1) is 7.86. The molecule has 0 atom stereocenters. The lowest BCUT2D eigenvalue weighted by Crippen LogP contribution is -2.05. The molecule has 84 valence electrons. The Kier molecular flexibility index (Phi) is 3.13. The van der Waals surface area contributed by atoms with Crippen molar-refractivity contribution in [2.45, 2.75) is 0 Å². The standard InChI is InChI=1S/C10H11N3O3/c14-5-6-16-10-8-4-2-1-3-7(8)9(13-15)11-12-10/h1-4,14-15H,5-6H2,(H,11,13). The minimum atomic E-state index is -0.0873. The molecule has 16 heavy (non-hydrogen) atoms. The van der Waals surface area contributed by atoms with Crippen LogP contribution in [0.1, 0.15) is 0 Å². The fraction of sp³-hybridized carbons (Fsp3) is 0.200. The summed E-state index contributed by atoms with van der Waals surface area (Å²) in [6, 6.07) is 7.24. The van der Waals surface area contributed by atoms with Crippen LogP contribution in [0.2, 0.25) is 0 Å². The van der Waals surface area contributed by atoms with E-state index in [1.54, 1.807) is 12.1 Å². The molecule has 0 saturated heterocycles. The van der Waals surface area contributed by atoms with Crippen molar-refractivity contribution in [2.24, 2.45) is 0 Å². The third kappa shape index (κ3) is 1.88. The van der Waals surface area contributed by atoms with Gasteiger partial charge in [0.2, 0.25) is 5.88 Å². The summed E-state index contributed by atoms with van der Waals surface area (Å²) in [5.74, 6) is 0.607. The summed E-state index contributed by atoms with van der Waals surface area (Å²) in [6.07, 6.45) is 0. The summed E-state index contributed by atoms with van der Waals surface area (Å²) in [7, 11) is 0. The van der Waals surface area contributed by atoms with E-state index >= 15 is 0 Å². The molecule has 0 spiro atoms. The molecule has 0 saturated carbocycles. The Morgan fingerprint density at radius 3 is 2.62 bits per heavy atom. The van der Waals surface area contributed by atoms with Crippen molar-refractivity contribution in [2.75, 3.05) is 18.7 Å². The quantitative estimate of drug-likeness (QED) is 0.662. The maximum atomic E-state index is 8.87. The number of nitrogens with one attached hydrogen (secondary N) is 1. The number of ether oxygens (including phenoxy) is 1. The second-order valence-corrected chi connectivity index (χ2v) is 3.08. The largest absolute Gasteiger partial charge is 0.474 e. The van der Waals surface area contributed by atoms with Gasteiger partial charge in [-0.2, -0.15) is 0 Å². The van der Waals surface area contributed by atoms with Gasteiger partial charge in [0.05, 0.1) is 6.61 Å². The number of anilines is 1. The highest BCUT2D eigenvalue weighted by Crippen LogP contribution is 2.26. The van der Waals surface area contributed by atoms with Crippen molar-refractivity contribution in [1.82, 2.24) is 10.2 Å². The molecule has 6 heteroatoms. The fourth-order valence-electron chi connectivity index (χ4n) is 1.41. The number of nitrogens with zero attached hydrogens (tertiary/aromatic N) is 2. The Balaban J connectivity index is 2.51. The van der Waals surface area contributed by atoms with Gasteiger partial charge in [-0.3, -0.25) is 10.7 Å². The van der Waals surface area contributed by atoms with Gasteiger partial charge in [-0.1, -0.05) is 18.2 Å². The Morgan fingerprint density at radius 1 is 1.19 bits per heavy atom. The number of hydrogen-bond donors (Lipinski definition) is 3. The van der Waals surface area contributed by atoms with Gasteiger partial charge < -0.3 is 9.84 Å². The summed E-state index contributed by atoms with van der Waals surface area (Å²) >= 11 is 0. The van der Waals surface area contributed by atoms with Gasteiger partial charge in [0.25, 0.3) is 0 Å². The smallest absolute Gasteiger partial charge is 0.241 e. The molecule has 2 aromatic rings. The van der Waals surface area contributed by atoms with Crippen LogP contribution < -0.4 is 10.2 Å². The lowest BCUT2D eigenvalue weighted by Gasteiger charge is -2.08. The molecule has 0 aliphatic carbocycles. The van der Waals surface area contributed by atoms with Crippen molar-refractivity contribution >= 4 is 16.6 Å². The van der Waals surface area contributed by atoms with Crippen LogP contribution in [0.4, 0.5) is 5.82 Å². The molecule has 0 radical (unpaired) electrons. The topological polar surface area (TPSA) is 87.5 Å². The minimum Gasteiger partial charge on any atom is -0.474 e. The molecule has 0 amide bonds. The van der Waals surface area contributed by atoms with Crippen LogP contribution in [-0.2, 0) is 0 Å². The third-order valence-electron chi connectivity index (χ3n) is 2.09. The Bertz CT molecular complexity index is 490. The lowest BCUT2D eigenvalue weighted by molar-refractivity contribution is 0.197. The van der Waals surface area contributed by atoms with E-state index in [0.717, 1.165) is 5.39 Å². The molecule has 2 rings (SSSR count). The number of rotatable bonds is 4. The highest BCUT2D eigenvalue weighted by molar-refractivity contribution is 5.94. The molecule has 6 nitrogen and oxygen atoms in total. The monoisotopic (exact) mass is 221 g/mol. The van der Waals surface area contributed by atoms with Crippen LogP contribution in [0.15, 0.2) is 24.3 Å². The second kappa shape index (κ2) is 4.73. The average Bonchev–Trinajstić information content (AvgIpc) is 2.36. The first-order valence-electron chi connectivity index (χ1n) is 4.76. The van der Waals surface area contributed by atoms with Crippen molar-refractivity contribution < 1.29 is 15.1 Å². The number of aliphatic hydroxyl groups is 1. The first-order valence-corrected chi connectivity index (χ1v) is 4.76. The zero-order chi connectivity index (χ0) is 11.4. The predicted octanol–water partition coefficient (Wildman–Crippen LogP) is 0.802. The second-order valence-electron chi connectivity index (χ2n) is 3.08. The molecule has 0 bridgehead atoms. The summed E-state index contributed by atoms with van der Waals surface area (Å²) in [5, 5.41) is 26.5. The Labute approximate surface area is 91.5 Å². The van der Waals surface area contributed by atoms with Gasteiger partial charge in [0, 0.05) is 10.8 Å². The number of hydrogen-bond acceptors (Lipinski definition) is 6. The van der Waals surface area contributed by atoms with E-state index in [0.29, 0.717) is 11.3 Å². The van der Waals surface area contributed by atoms with E-state index in [9.17, 15) is 0 Å². The molecule has 3 N–H and O–H groups in total. The van der Waals surface area contributed by atoms with Gasteiger partial charge in [-0.25, -0.2) is 0 Å².